The van der Waals surface area contributed by atoms with Crippen molar-refractivity contribution in [1.29, 1.82) is 0 Å². The van der Waals surface area contributed by atoms with Crippen molar-refractivity contribution in [3.63, 3.8) is 0 Å². The molecule has 5 heteroatoms. The van der Waals surface area contributed by atoms with Crippen LogP contribution in [-0.4, -0.2) is 28.6 Å². The summed E-state index contributed by atoms with van der Waals surface area (Å²) in [7, 11) is 0. The highest BCUT2D eigenvalue weighted by molar-refractivity contribution is 9.09. The number of ether oxygens (including phenoxy) is 2. The van der Waals surface area contributed by atoms with Crippen molar-refractivity contribution in [3.05, 3.63) is 35.5 Å². The van der Waals surface area contributed by atoms with Crippen molar-refractivity contribution in [2.24, 2.45) is 0 Å². The van der Waals surface area contributed by atoms with Crippen LogP contribution in [0.3, 0.4) is 0 Å². The maximum atomic E-state index is 6.19. The van der Waals surface area contributed by atoms with Gasteiger partial charge in [0.2, 0.25) is 0 Å². The second-order valence-electron chi connectivity index (χ2n) is 4.77. The van der Waals surface area contributed by atoms with E-state index in [-0.39, 0.29) is 12.2 Å². The molecule has 0 aliphatic heterocycles. The summed E-state index contributed by atoms with van der Waals surface area (Å²) in [5, 5.41) is 1.60. The van der Waals surface area contributed by atoms with Crippen molar-refractivity contribution in [2.45, 2.75) is 30.4 Å². The summed E-state index contributed by atoms with van der Waals surface area (Å²) < 4.78 is 11.8. The van der Waals surface area contributed by atoms with Gasteiger partial charge in [0.15, 0.2) is 0 Å². The van der Waals surface area contributed by atoms with Gasteiger partial charge in [-0.3, -0.25) is 4.98 Å². The highest BCUT2D eigenvalue weighted by Crippen LogP contribution is 2.37. The lowest BCUT2D eigenvalue weighted by atomic mass is 9.91. The molecule has 0 radical (unpaired) electrons. The summed E-state index contributed by atoms with van der Waals surface area (Å²) in [5.41, 5.74) is 0.799. The molecule has 1 aromatic carbocycles. The van der Waals surface area contributed by atoms with Gasteiger partial charge in [-0.15, -0.1) is 0 Å². The number of alkyl halides is 1. The number of halogens is 2. The summed E-state index contributed by atoms with van der Waals surface area (Å²) >= 11 is 9.79. The van der Waals surface area contributed by atoms with E-state index in [1.54, 1.807) is 6.20 Å². The minimum Gasteiger partial charge on any atom is -0.485 e. The Kier molecular flexibility index (Phi) is 4.15. The molecule has 0 amide bonds. The average molecular weight is 357 g/mol. The van der Waals surface area contributed by atoms with Gasteiger partial charge in [-0.05, 0) is 31.2 Å². The Balaban J connectivity index is 1.87. The van der Waals surface area contributed by atoms with E-state index in [0.29, 0.717) is 16.5 Å². The molecule has 3 unspecified atom stereocenters. The first-order valence-corrected chi connectivity index (χ1v) is 7.95. The van der Waals surface area contributed by atoms with Gasteiger partial charge < -0.3 is 9.47 Å². The number of aromatic nitrogens is 1. The lowest BCUT2D eigenvalue weighted by Gasteiger charge is -2.40. The first-order valence-electron chi connectivity index (χ1n) is 6.66. The van der Waals surface area contributed by atoms with E-state index in [9.17, 15) is 0 Å². The zero-order valence-corrected chi connectivity index (χ0v) is 13.4. The molecular weight excluding hydrogens is 342 g/mol. The summed E-state index contributed by atoms with van der Waals surface area (Å²) in [4.78, 5) is 4.74. The number of pyridine rings is 1. The third-order valence-corrected chi connectivity index (χ3v) is 4.72. The molecule has 106 valence electrons. The Morgan fingerprint density at radius 2 is 2.25 bits per heavy atom. The third-order valence-electron chi connectivity index (χ3n) is 3.50. The van der Waals surface area contributed by atoms with Gasteiger partial charge in [-0.25, -0.2) is 0 Å². The van der Waals surface area contributed by atoms with Crippen molar-refractivity contribution in [2.75, 3.05) is 6.61 Å². The Morgan fingerprint density at radius 3 is 3.00 bits per heavy atom. The predicted octanol–water partition coefficient (Wildman–Crippen LogP) is 4.21. The molecule has 3 rings (SSSR count). The van der Waals surface area contributed by atoms with Gasteiger partial charge in [0.25, 0.3) is 0 Å². The Bertz CT molecular complexity index is 622. The fourth-order valence-electron chi connectivity index (χ4n) is 2.42. The molecule has 1 fully saturated rings. The van der Waals surface area contributed by atoms with Crippen molar-refractivity contribution in [1.82, 2.24) is 4.98 Å². The number of rotatable bonds is 4. The predicted molar refractivity (Wildman–Crippen MR) is 83.9 cm³/mol. The number of benzene rings is 1. The summed E-state index contributed by atoms with van der Waals surface area (Å²) in [6.07, 6.45) is 2.83. The number of hydrogen-bond acceptors (Lipinski definition) is 3. The molecular formula is C15H15BrClNO2. The lowest BCUT2D eigenvalue weighted by molar-refractivity contribution is -0.0718. The number of fused-ring (bicyclic) bond motifs is 1. The minimum atomic E-state index is 0.0608. The molecule has 0 spiro atoms. The fourth-order valence-corrected chi connectivity index (χ4v) is 3.49. The summed E-state index contributed by atoms with van der Waals surface area (Å²) in [6, 6.07) is 7.55. The molecule has 1 saturated carbocycles. The van der Waals surface area contributed by atoms with Crippen molar-refractivity contribution < 1.29 is 9.47 Å². The zero-order valence-electron chi connectivity index (χ0n) is 11.1. The first-order chi connectivity index (χ1) is 9.70. The molecule has 1 heterocycles. The quantitative estimate of drug-likeness (QED) is 0.769. The van der Waals surface area contributed by atoms with E-state index < -0.39 is 0 Å². The van der Waals surface area contributed by atoms with Gasteiger partial charge in [-0.1, -0.05) is 27.5 Å². The molecule has 2 aromatic rings. The van der Waals surface area contributed by atoms with Gasteiger partial charge in [0, 0.05) is 29.4 Å². The van der Waals surface area contributed by atoms with Crippen LogP contribution in [-0.2, 0) is 4.74 Å². The van der Waals surface area contributed by atoms with Gasteiger partial charge in [0.1, 0.15) is 23.5 Å². The van der Waals surface area contributed by atoms with Crippen molar-refractivity contribution in [3.8, 4) is 5.75 Å². The maximum absolute atomic E-state index is 6.19. The highest BCUT2D eigenvalue weighted by Gasteiger charge is 2.42. The molecule has 1 aliphatic rings. The molecule has 0 bridgehead atoms. The van der Waals surface area contributed by atoms with Crippen LogP contribution >= 0.6 is 27.5 Å². The van der Waals surface area contributed by atoms with Crippen molar-refractivity contribution >= 4 is 38.4 Å². The van der Waals surface area contributed by atoms with Gasteiger partial charge in [0.05, 0.1) is 5.02 Å². The molecule has 0 N–H and O–H groups in total. The van der Waals surface area contributed by atoms with Crippen LogP contribution in [0, 0.1) is 0 Å². The first kappa shape index (κ1) is 14.1. The van der Waals surface area contributed by atoms with Crippen LogP contribution in [0.15, 0.2) is 30.5 Å². The Hall–Kier alpha value is -0.840. The number of nitrogens with zero attached hydrogens (tertiary/aromatic N) is 1. The van der Waals surface area contributed by atoms with Gasteiger partial charge in [-0.2, -0.15) is 0 Å². The molecule has 3 nitrogen and oxygen atoms in total. The summed E-state index contributed by atoms with van der Waals surface area (Å²) in [6.45, 7) is 2.68. The molecule has 20 heavy (non-hydrogen) atoms. The largest absolute Gasteiger partial charge is 0.485 e. The normalized spacial score (nSPS) is 25.4. The van der Waals surface area contributed by atoms with Crippen LogP contribution in [0.1, 0.15) is 13.3 Å². The van der Waals surface area contributed by atoms with Crippen LogP contribution in [0.25, 0.3) is 10.9 Å². The van der Waals surface area contributed by atoms with Gasteiger partial charge >= 0.3 is 0 Å². The Morgan fingerprint density at radius 1 is 1.40 bits per heavy atom. The van der Waals surface area contributed by atoms with E-state index in [4.69, 9.17) is 21.1 Å². The van der Waals surface area contributed by atoms with E-state index in [2.05, 4.69) is 20.9 Å². The van der Waals surface area contributed by atoms with E-state index in [0.717, 1.165) is 23.1 Å². The summed E-state index contributed by atoms with van der Waals surface area (Å²) in [5.74, 6) is 0.763. The van der Waals surface area contributed by atoms with Crippen LogP contribution in [0.4, 0.5) is 0 Å². The molecule has 0 saturated heterocycles. The average Bonchev–Trinajstić information content (AvgIpc) is 2.47. The van der Waals surface area contributed by atoms with Crippen LogP contribution < -0.4 is 4.74 Å². The van der Waals surface area contributed by atoms with E-state index in [1.807, 2.05) is 31.2 Å². The second-order valence-corrected chi connectivity index (χ2v) is 6.36. The highest BCUT2D eigenvalue weighted by atomic mass is 79.9. The topological polar surface area (TPSA) is 31.4 Å². The Labute approximate surface area is 131 Å². The maximum Gasteiger partial charge on any atom is 0.146 e. The fraction of sp³-hybridized carbons (Fsp3) is 0.400. The zero-order chi connectivity index (χ0) is 14.1. The molecule has 1 aliphatic carbocycles. The minimum absolute atomic E-state index is 0.0608. The standard InChI is InChI=1S/C15H15BrClNO2/c1-2-19-15-10(16)8-13(15)20-12-6-5-11(17)9-4-3-7-18-14(9)12/h3-7,10,13,15H,2,8H2,1H3. The third kappa shape index (κ3) is 2.52. The molecule has 1 aromatic heterocycles. The van der Waals surface area contributed by atoms with E-state index >= 15 is 0 Å². The van der Waals surface area contributed by atoms with Crippen LogP contribution in [0.5, 0.6) is 5.75 Å². The molecule has 3 atom stereocenters. The monoisotopic (exact) mass is 355 g/mol. The lowest BCUT2D eigenvalue weighted by Crippen LogP contribution is -2.52. The second kappa shape index (κ2) is 5.88. The van der Waals surface area contributed by atoms with E-state index in [1.165, 1.54) is 0 Å². The smallest absolute Gasteiger partial charge is 0.146 e. The van der Waals surface area contributed by atoms with Crippen LogP contribution in [0.2, 0.25) is 5.02 Å². The SMILES string of the molecule is CCOC1C(Br)CC1Oc1ccc(Cl)c2cccnc12. The number of hydrogen-bond donors (Lipinski definition) is 0.